The van der Waals surface area contributed by atoms with E-state index in [4.69, 9.17) is 4.74 Å². The third-order valence-corrected chi connectivity index (χ3v) is 5.33. The summed E-state index contributed by atoms with van der Waals surface area (Å²) in [5, 5.41) is 7.75. The van der Waals surface area contributed by atoms with E-state index in [-0.39, 0.29) is 11.8 Å². The normalized spacial score (nSPS) is 11.7. The lowest BCUT2D eigenvalue weighted by Crippen LogP contribution is -2.32. The van der Waals surface area contributed by atoms with Gasteiger partial charge in [0.2, 0.25) is 5.91 Å². The number of imidazole rings is 1. The molecule has 2 amide bonds. The number of nitrogens with zero attached hydrogens (tertiary/aromatic N) is 2. The minimum atomic E-state index is -0.390. The van der Waals surface area contributed by atoms with Gasteiger partial charge in [0.15, 0.2) is 0 Å². The second-order valence-corrected chi connectivity index (χ2v) is 7.46. The predicted octanol–water partition coefficient (Wildman–Crippen LogP) is 2.91. The number of aromatic nitrogens is 2. The van der Waals surface area contributed by atoms with Crippen LogP contribution in [-0.2, 0) is 11.8 Å². The maximum Gasteiger partial charge on any atom is 0.261 e. The molecule has 0 aliphatic carbocycles. The number of ether oxygens (including phenoxy) is 1. The Kier molecular flexibility index (Phi) is 7.02. The first-order valence-electron chi connectivity index (χ1n) is 9.30. The first kappa shape index (κ1) is 20.6. The molecule has 29 heavy (non-hydrogen) atoms. The highest BCUT2D eigenvalue weighted by molar-refractivity contribution is 7.12. The summed E-state index contributed by atoms with van der Waals surface area (Å²) in [6.45, 7) is 0.441. The average molecular weight is 413 g/mol. The van der Waals surface area contributed by atoms with Gasteiger partial charge < -0.3 is 19.9 Å². The van der Waals surface area contributed by atoms with Crippen LogP contribution >= 0.6 is 11.3 Å². The van der Waals surface area contributed by atoms with E-state index in [0.29, 0.717) is 30.0 Å². The summed E-state index contributed by atoms with van der Waals surface area (Å²) >= 11 is 1.39. The zero-order chi connectivity index (χ0) is 20.6. The molecule has 2 heterocycles. The van der Waals surface area contributed by atoms with Gasteiger partial charge >= 0.3 is 0 Å². The van der Waals surface area contributed by atoms with Crippen LogP contribution in [-0.4, -0.2) is 35.0 Å². The lowest BCUT2D eigenvalue weighted by Gasteiger charge is -2.20. The van der Waals surface area contributed by atoms with Crippen molar-refractivity contribution in [1.82, 2.24) is 20.2 Å². The maximum atomic E-state index is 12.6. The summed E-state index contributed by atoms with van der Waals surface area (Å²) < 4.78 is 7.19. The van der Waals surface area contributed by atoms with Crippen molar-refractivity contribution in [2.75, 3.05) is 13.7 Å². The molecule has 1 atom stereocenters. The molecule has 2 aromatic heterocycles. The number of carbonyl (C=O) groups is 2. The van der Waals surface area contributed by atoms with E-state index in [0.717, 1.165) is 11.4 Å². The number of hydrogen-bond donors (Lipinski definition) is 2. The smallest absolute Gasteiger partial charge is 0.261 e. The van der Waals surface area contributed by atoms with Crippen LogP contribution in [0, 0.1) is 0 Å². The fraction of sp³-hybridized carbons (Fsp3) is 0.286. The van der Waals surface area contributed by atoms with Crippen LogP contribution in [0.1, 0.15) is 39.9 Å². The molecule has 1 aromatic carbocycles. The first-order chi connectivity index (χ1) is 14.1. The maximum absolute atomic E-state index is 12.6. The predicted molar refractivity (Wildman–Crippen MR) is 112 cm³/mol. The quantitative estimate of drug-likeness (QED) is 0.529. The van der Waals surface area contributed by atoms with Gasteiger partial charge in [-0.1, -0.05) is 18.2 Å². The Hall–Kier alpha value is -3.13. The van der Waals surface area contributed by atoms with Gasteiger partial charge in [0.1, 0.15) is 17.6 Å². The summed E-state index contributed by atoms with van der Waals surface area (Å²) in [6, 6.07) is 10.8. The van der Waals surface area contributed by atoms with Gasteiger partial charge in [0.05, 0.1) is 12.0 Å². The third-order valence-electron chi connectivity index (χ3n) is 4.46. The van der Waals surface area contributed by atoms with Crippen molar-refractivity contribution in [1.29, 1.82) is 0 Å². The Balaban J connectivity index is 1.59. The summed E-state index contributed by atoms with van der Waals surface area (Å²) in [4.78, 5) is 29.6. The van der Waals surface area contributed by atoms with Crippen LogP contribution in [0.5, 0.6) is 5.75 Å². The standard InChI is InChI=1S/C21H24N4O3S/c1-25-12-11-22-20(25)19(15-6-3-7-16(14-15)28-2)24-18(26)9-4-10-23-21(27)17-8-5-13-29-17/h3,5-8,11-14,19H,4,9-10H2,1-2H3,(H,23,27)(H,24,26). The van der Waals surface area contributed by atoms with E-state index in [1.807, 2.05) is 53.5 Å². The molecule has 152 valence electrons. The number of rotatable bonds is 9. The van der Waals surface area contributed by atoms with Crippen molar-refractivity contribution in [3.63, 3.8) is 0 Å². The van der Waals surface area contributed by atoms with E-state index in [1.54, 1.807) is 19.4 Å². The van der Waals surface area contributed by atoms with Crippen LogP contribution in [0.3, 0.4) is 0 Å². The SMILES string of the molecule is COc1cccc(C(NC(=O)CCCNC(=O)c2cccs2)c2nccn2C)c1. The Labute approximate surface area is 173 Å². The first-order valence-corrected chi connectivity index (χ1v) is 10.2. The fourth-order valence-electron chi connectivity index (χ4n) is 2.95. The Morgan fingerprint density at radius 3 is 2.83 bits per heavy atom. The van der Waals surface area contributed by atoms with E-state index in [9.17, 15) is 9.59 Å². The molecule has 0 radical (unpaired) electrons. The highest BCUT2D eigenvalue weighted by Gasteiger charge is 2.21. The van der Waals surface area contributed by atoms with E-state index in [1.165, 1.54) is 11.3 Å². The van der Waals surface area contributed by atoms with E-state index in [2.05, 4.69) is 15.6 Å². The van der Waals surface area contributed by atoms with Gasteiger partial charge in [0.25, 0.3) is 5.91 Å². The van der Waals surface area contributed by atoms with Crippen LogP contribution < -0.4 is 15.4 Å². The zero-order valence-corrected chi connectivity index (χ0v) is 17.2. The molecule has 8 heteroatoms. The molecule has 1 unspecified atom stereocenters. The number of hydrogen-bond acceptors (Lipinski definition) is 5. The third kappa shape index (κ3) is 5.45. The zero-order valence-electron chi connectivity index (χ0n) is 16.4. The molecular weight excluding hydrogens is 388 g/mol. The van der Waals surface area contributed by atoms with Gasteiger partial charge in [-0.2, -0.15) is 0 Å². The number of thiophene rings is 1. The van der Waals surface area contributed by atoms with Crippen molar-refractivity contribution in [2.45, 2.75) is 18.9 Å². The van der Waals surface area contributed by atoms with Crippen molar-refractivity contribution in [3.8, 4) is 5.75 Å². The van der Waals surface area contributed by atoms with Gasteiger partial charge in [0, 0.05) is 32.4 Å². The Morgan fingerprint density at radius 2 is 2.14 bits per heavy atom. The number of carbonyl (C=O) groups excluding carboxylic acids is 2. The highest BCUT2D eigenvalue weighted by atomic mass is 32.1. The van der Waals surface area contributed by atoms with Crippen molar-refractivity contribution in [2.24, 2.45) is 7.05 Å². The van der Waals surface area contributed by atoms with Crippen LogP contribution in [0.25, 0.3) is 0 Å². The lowest BCUT2D eigenvalue weighted by atomic mass is 10.1. The van der Waals surface area contributed by atoms with Crippen LogP contribution in [0.15, 0.2) is 54.2 Å². The average Bonchev–Trinajstić information content (AvgIpc) is 3.41. The molecule has 2 N–H and O–H groups in total. The monoisotopic (exact) mass is 412 g/mol. The topological polar surface area (TPSA) is 85.2 Å². The molecule has 0 bridgehead atoms. The molecule has 0 spiro atoms. The van der Waals surface area contributed by atoms with Gasteiger partial charge in [-0.15, -0.1) is 11.3 Å². The van der Waals surface area contributed by atoms with Crippen molar-refractivity contribution >= 4 is 23.2 Å². The Morgan fingerprint density at radius 1 is 1.28 bits per heavy atom. The minimum Gasteiger partial charge on any atom is -0.497 e. The van der Waals surface area contributed by atoms with E-state index >= 15 is 0 Å². The molecule has 3 aromatic rings. The van der Waals surface area contributed by atoms with Crippen molar-refractivity contribution < 1.29 is 14.3 Å². The lowest BCUT2D eigenvalue weighted by molar-refractivity contribution is -0.121. The van der Waals surface area contributed by atoms with Crippen LogP contribution in [0.4, 0.5) is 0 Å². The van der Waals surface area contributed by atoms with Gasteiger partial charge in [-0.05, 0) is 35.6 Å². The number of amides is 2. The van der Waals surface area contributed by atoms with Crippen LogP contribution in [0.2, 0.25) is 0 Å². The number of methoxy groups -OCH3 is 1. The van der Waals surface area contributed by atoms with Gasteiger partial charge in [-0.25, -0.2) is 4.98 Å². The Bertz CT molecular complexity index is 953. The second kappa shape index (κ2) is 9.88. The summed E-state index contributed by atoms with van der Waals surface area (Å²) in [5.41, 5.74) is 0.887. The molecule has 0 fully saturated rings. The van der Waals surface area contributed by atoms with Gasteiger partial charge in [-0.3, -0.25) is 9.59 Å². The highest BCUT2D eigenvalue weighted by Crippen LogP contribution is 2.24. The molecule has 0 aliphatic rings. The molecular formula is C21H24N4O3S. The second-order valence-electron chi connectivity index (χ2n) is 6.51. The summed E-state index contributed by atoms with van der Waals surface area (Å²) in [5.74, 6) is 1.23. The molecule has 7 nitrogen and oxygen atoms in total. The summed E-state index contributed by atoms with van der Waals surface area (Å²) in [6.07, 6.45) is 4.40. The van der Waals surface area contributed by atoms with Crippen molar-refractivity contribution in [3.05, 3.63) is 70.4 Å². The summed E-state index contributed by atoms with van der Waals surface area (Å²) in [7, 11) is 3.50. The number of nitrogens with one attached hydrogen (secondary N) is 2. The molecule has 0 aliphatic heterocycles. The number of benzene rings is 1. The molecule has 0 saturated carbocycles. The minimum absolute atomic E-state index is 0.105. The fourth-order valence-corrected chi connectivity index (χ4v) is 3.59. The number of aryl methyl sites for hydroxylation is 1. The largest absolute Gasteiger partial charge is 0.497 e. The van der Waals surface area contributed by atoms with E-state index < -0.39 is 6.04 Å². The molecule has 3 rings (SSSR count). The molecule has 0 saturated heterocycles.